The van der Waals surface area contributed by atoms with Crippen molar-refractivity contribution in [1.29, 1.82) is 0 Å². The summed E-state index contributed by atoms with van der Waals surface area (Å²) >= 11 is 5.95. The molecule has 1 aromatic heterocycles. The Morgan fingerprint density at radius 1 is 0.879 bits per heavy atom. The number of fused-ring (bicyclic) bond motifs is 1. The molecule has 0 radical (unpaired) electrons. The van der Waals surface area contributed by atoms with Crippen molar-refractivity contribution in [3.8, 4) is 11.1 Å². The molecule has 5 rings (SSSR count). The number of rotatable bonds is 4. The van der Waals surface area contributed by atoms with Gasteiger partial charge < -0.3 is 0 Å². The molecule has 0 fully saturated rings. The van der Waals surface area contributed by atoms with Gasteiger partial charge >= 0.3 is 0 Å². The average Bonchev–Trinajstić information content (AvgIpc) is 3.06. The molecule has 0 bridgehead atoms. The van der Waals surface area contributed by atoms with Gasteiger partial charge in [-0.2, -0.15) is 0 Å². The third kappa shape index (κ3) is 3.96. The molecule has 1 unspecified atom stereocenters. The maximum Gasteiger partial charge on any atom is 0.241 e. The number of nitrogens with zero attached hydrogens (tertiary/aromatic N) is 3. The van der Waals surface area contributed by atoms with Crippen LogP contribution in [0, 0.1) is 17.5 Å². The van der Waals surface area contributed by atoms with Crippen LogP contribution in [-0.2, 0) is 11.2 Å². The van der Waals surface area contributed by atoms with E-state index in [2.05, 4.69) is 9.97 Å². The van der Waals surface area contributed by atoms with Crippen LogP contribution in [0.5, 0.6) is 0 Å². The van der Waals surface area contributed by atoms with Gasteiger partial charge in [-0.1, -0.05) is 23.7 Å². The molecule has 0 aliphatic carbocycles. The fourth-order valence-electron chi connectivity index (χ4n) is 4.07. The van der Waals surface area contributed by atoms with Crippen molar-refractivity contribution < 1.29 is 18.0 Å². The average molecular weight is 466 g/mol. The molecule has 3 aromatic carbocycles. The summed E-state index contributed by atoms with van der Waals surface area (Å²) < 4.78 is 41.2. The monoisotopic (exact) mass is 465 g/mol. The fraction of sp³-hybridized carbons (Fsp3) is 0.0800. The molecule has 4 nitrogen and oxygen atoms in total. The quantitative estimate of drug-likeness (QED) is 0.359. The number of carbonyl (C=O) groups is 1. The first kappa shape index (κ1) is 21.2. The number of anilines is 2. The lowest BCUT2D eigenvalue weighted by Gasteiger charge is -2.15. The first-order valence-electron chi connectivity index (χ1n) is 10.1. The minimum atomic E-state index is -0.721. The highest BCUT2D eigenvalue weighted by molar-refractivity contribution is 6.31. The van der Waals surface area contributed by atoms with E-state index >= 15 is 0 Å². The van der Waals surface area contributed by atoms with E-state index in [4.69, 9.17) is 11.6 Å². The lowest BCUT2D eigenvalue weighted by molar-refractivity contribution is -0.118. The van der Waals surface area contributed by atoms with Gasteiger partial charge in [-0.3, -0.25) is 4.79 Å². The van der Waals surface area contributed by atoms with Gasteiger partial charge in [0.2, 0.25) is 11.9 Å². The Hall–Kier alpha value is -3.71. The molecular formula is C25H15ClF3N3O. The molecule has 1 aliphatic rings. The summed E-state index contributed by atoms with van der Waals surface area (Å²) in [5.41, 5.74) is 2.96. The largest absolute Gasteiger partial charge is 0.273 e. The fourth-order valence-corrected chi connectivity index (χ4v) is 4.26. The summed E-state index contributed by atoms with van der Waals surface area (Å²) in [5.74, 6) is -2.79. The highest BCUT2D eigenvalue weighted by Crippen LogP contribution is 2.44. The van der Waals surface area contributed by atoms with Gasteiger partial charge in [0.25, 0.3) is 0 Å². The van der Waals surface area contributed by atoms with Gasteiger partial charge in [0.15, 0.2) is 0 Å². The van der Waals surface area contributed by atoms with E-state index in [-0.39, 0.29) is 23.3 Å². The molecule has 0 saturated carbocycles. The highest BCUT2D eigenvalue weighted by atomic mass is 35.5. The predicted molar refractivity (Wildman–Crippen MR) is 119 cm³/mol. The SMILES string of the molecule is O=C1C(Cc2cc(F)cc(F)c2)c2cc(-c3ccc(F)c(Cl)c3)ccc2N1c1ncccn1. The number of benzene rings is 3. The standard InChI is InChI=1S/C25H15ClF3N3O/c26-21-12-16(2-4-22(21)29)15-3-5-23-19(11-15)20(10-14-8-17(27)13-18(28)9-14)24(33)32(23)25-30-6-1-7-31-25/h1-9,11-13,20H,10H2. The van der Waals surface area contributed by atoms with Crippen molar-refractivity contribution in [3.05, 3.63) is 107 Å². The van der Waals surface area contributed by atoms with Crippen molar-refractivity contribution in [2.24, 2.45) is 0 Å². The van der Waals surface area contributed by atoms with Crippen molar-refractivity contribution in [2.45, 2.75) is 12.3 Å². The molecule has 164 valence electrons. The number of hydrogen-bond acceptors (Lipinski definition) is 3. The molecule has 2 heterocycles. The van der Waals surface area contributed by atoms with Gasteiger partial charge in [0.05, 0.1) is 16.6 Å². The van der Waals surface area contributed by atoms with Crippen molar-refractivity contribution in [1.82, 2.24) is 9.97 Å². The lowest BCUT2D eigenvalue weighted by Crippen LogP contribution is -2.26. The van der Waals surface area contributed by atoms with E-state index in [1.54, 1.807) is 30.3 Å². The van der Waals surface area contributed by atoms with Crippen molar-refractivity contribution >= 4 is 29.1 Å². The molecule has 1 amide bonds. The smallest absolute Gasteiger partial charge is 0.241 e. The van der Waals surface area contributed by atoms with Gasteiger partial charge in [-0.05, 0) is 71.1 Å². The first-order valence-corrected chi connectivity index (χ1v) is 10.4. The Kier molecular flexibility index (Phi) is 5.34. The van der Waals surface area contributed by atoms with E-state index in [0.717, 1.165) is 11.6 Å². The number of amides is 1. The minimum absolute atomic E-state index is 0.0184. The summed E-state index contributed by atoms with van der Waals surface area (Å²) in [6, 6.07) is 14.6. The topological polar surface area (TPSA) is 46.1 Å². The van der Waals surface area contributed by atoms with Gasteiger partial charge in [0.1, 0.15) is 17.5 Å². The van der Waals surface area contributed by atoms with Crippen LogP contribution < -0.4 is 4.90 Å². The van der Waals surface area contributed by atoms with Crippen LogP contribution in [0.25, 0.3) is 11.1 Å². The summed E-state index contributed by atoms with van der Waals surface area (Å²) in [4.78, 5) is 23.3. The van der Waals surface area contributed by atoms with Crippen LogP contribution >= 0.6 is 11.6 Å². The van der Waals surface area contributed by atoms with Crippen LogP contribution in [0.1, 0.15) is 17.0 Å². The minimum Gasteiger partial charge on any atom is -0.273 e. The maximum atomic E-state index is 13.8. The Balaban J connectivity index is 1.62. The number of carbonyl (C=O) groups excluding carboxylic acids is 1. The lowest BCUT2D eigenvalue weighted by atomic mass is 9.91. The zero-order valence-corrected chi connectivity index (χ0v) is 17.7. The summed E-state index contributed by atoms with van der Waals surface area (Å²) in [7, 11) is 0. The Bertz CT molecular complexity index is 1360. The van der Waals surface area contributed by atoms with Crippen LogP contribution in [0.15, 0.2) is 73.1 Å². The molecule has 0 saturated heterocycles. The molecule has 8 heteroatoms. The Morgan fingerprint density at radius 3 is 2.24 bits per heavy atom. The van der Waals surface area contributed by atoms with E-state index in [1.807, 2.05) is 0 Å². The third-order valence-electron chi connectivity index (χ3n) is 5.53. The number of halogens is 4. The highest BCUT2D eigenvalue weighted by Gasteiger charge is 2.39. The second-order valence-electron chi connectivity index (χ2n) is 7.66. The van der Waals surface area contributed by atoms with Gasteiger partial charge in [0, 0.05) is 18.5 Å². The van der Waals surface area contributed by atoms with E-state index in [1.165, 1.54) is 41.6 Å². The van der Waals surface area contributed by atoms with Gasteiger partial charge in [-0.15, -0.1) is 0 Å². The first-order chi connectivity index (χ1) is 15.9. The van der Waals surface area contributed by atoms with Crippen molar-refractivity contribution in [2.75, 3.05) is 4.90 Å². The molecule has 1 aliphatic heterocycles. The van der Waals surface area contributed by atoms with Crippen LogP contribution in [0.4, 0.5) is 24.8 Å². The zero-order valence-electron chi connectivity index (χ0n) is 17.0. The summed E-state index contributed by atoms with van der Waals surface area (Å²) in [5, 5.41) is -0.0184. The van der Waals surface area contributed by atoms with Crippen molar-refractivity contribution in [3.63, 3.8) is 0 Å². The Morgan fingerprint density at radius 2 is 1.55 bits per heavy atom. The summed E-state index contributed by atoms with van der Waals surface area (Å²) in [6.07, 6.45) is 3.14. The van der Waals surface area contributed by atoms with Crippen LogP contribution in [-0.4, -0.2) is 15.9 Å². The molecule has 33 heavy (non-hydrogen) atoms. The molecule has 1 atom stereocenters. The van der Waals surface area contributed by atoms with E-state index < -0.39 is 23.4 Å². The van der Waals surface area contributed by atoms with Gasteiger partial charge in [-0.25, -0.2) is 28.0 Å². The van der Waals surface area contributed by atoms with Crippen LogP contribution in [0.3, 0.4) is 0 Å². The second-order valence-corrected chi connectivity index (χ2v) is 8.07. The van der Waals surface area contributed by atoms with Crippen LogP contribution in [0.2, 0.25) is 5.02 Å². The Labute approximate surface area is 192 Å². The van der Waals surface area contributed by atoms with E-state index in [0.29, 0.717) is 22.4 Å². The number of hydrogen-bond donors (Lipinski definition) is 0. The maximum absolute atomic E-state index is 13.8. The predicted octanol–water partition coefficient (Wildman–Crippen LogP) is 6.22. The zero-order chi connectivity index (χ0) is 23.1. The summed E-state index contributed by atoms with van der Waals surface area (Å²) in [6.45, 7) is 0. The third-order valence-corrected chi connectivity index (χ3v) is 5.82. The number of aromatic nitrogens is 2. The normalized spacial score (nSPS) is 15.1. The van der Waals surface area contributed by atoms with E-state index in [9.17, 15) is 18.0 Å². The molecule has 0 N–H and O–H groups in total. The second kappa shape index (κ2) is 8.33. The molecular weight excluding hydrogens is 451 g/mol. The molecule has 0 spiro atoms. The molecule has 4 aromatic rings.